The lowest BCUT2D eigenvalue weighted by Crippen LogP contribution is -1.98. The summed E-state index contributed by atoms with van der Waals surface area (Å²) in [4.78, 5) is 0. The van der Waals surface area contributed by atoms with Crippen molar-refractivity contribution in [3.63, 3.8) is 0 Å². The van der Waals surface area contributed by atoms with E-state index >= 15 is 0 Å². The van der Waals surface area contributed by atoms with Crippen LogP contribution in [0.15, 0.2) is 70.2 Å². The largest absolute Gasteiger partial charge is 0.493 e. The Hall–Kier alpha value is -2.50. The van der Waals surface area contributed by atoms with E-state index in [1.165, 1.54) is 0 Å². The lowest BCUT2D eigenvalue weighted by Gasteiger charge is -2.11. The first kappa shape index (κ1) is 20.2. The highest BCUT2D eigenvalue weighted by atomic mass is 79.9. The minimum atomic E-state index is 0.465. The summed E-state index contributed by atoms with van der Waals surface area (Å²) in [6, 6.07) is 19.4. The Labute approximate surface area is 178 Å². The topological polar surface area (TPSA) is 42.8 Å². The standard InChI is InChI=1S/C22H20BrClN2O2/c1-15-3-9-19(12-20(15)24)26-25-13-17-6-10-21(22(11-17)27-2)28-14-16-4-7-18(23)8-5-16/h3-13,26H,14H2,1-2H3. The Morgan fingerprint density at radius 1 is 1.04 bits per heavy atom. The van der Waals surface area contributed by atoms with Crippen LogP contribution < -0.4 is 14.9 Å². The summed E-state index contributed by atoms with van der Waals surface area (Å²) in [5.41, 5.74) is 6.80. The number of halogens is 2. The Morgan fingerprint density at radius 3 is 2.54 bits per heavy atom. The number of rotatable bonds is 7. The molecule has 144 valence electrons. The fraction of sp³-hybridized carbons (Fsp3) is 0.136. The number of methoxy groups -OCH3 is 1. The molecule has 3 aromatic carbocycles. The van der Waals surface area contributed by atoms with Gasteiger partial charge in [-0.15, -0.1) is 0 Å². The van der Waals surface area contributed by atoms with Crippen LogP contribution in [0.1, 0.15) is 16.7 Å². The Kier molecular flexibility index (Phi) is 6.95. The second-order valence-electron chi connectivity index (χ2n) is 6.16. The van der Waals surface area contributed by atoms with E-state index in [4.69, 9.17) is 21.1 Å². The molecular formula is C22H20BrClN2O2. The average molecular weight is 460 g/mol. The number of anilines is 1. The molecule has 0 atom stereocenters. The molecule has 0 aliphatic carbocycles. The first-order valence-electron chi connectivity index (χ1n) is 8.65. The number of aryl methyl sites for hydroxylation is 1. The molecule has 0 amide bonds. The number of nitrogens with zero attached hydrogens (tertiary/aromatic N) is 1. The molecule has 0 aromatic heterocycles. The fourth-order valence-electron chi connectivity index (χ4n) is 2.47. The zero-order chi connectivity index (χ0) is 19.9. The zero-order valence-corrected chi connectivity index (χ0v) is 17.9. The van der Waals surface area contributed by atoms with Crippen molar-refractivity contribution in [1.29, 1.82) is 0 Å². The summed E-state index contributed by atoms with van der Waals surface area (Å²) >= 11 is 9.55. The first-order valence-corrected chi connectivity index (χ1v) is 9.83. The van der Waals surface area contributed by atoms with Gasteiger partial charge in [-0.3, -0.25) is 5.43 Å². The van der Waals surface area contributed by atoms with Crippen LogP contribution in [0.4, 0.5) is 5.69 Å². The van der Waals surface area contributed by atoms with Gasteiger partial charge in [-0.1, -0.05) is 45.7 Å². The van der Waals surface area contributed by atoms with E-state index in [0.717, 1.165) is 26.9 Å². The van der Waals surface area contributed by atoms with Gasteiger partial charge < -0.3 is 9.47 Å². The van der Waals surface area contributed by atoms with Crippen molar-refractivity contribution in [3.8, 4) is 11.5 Å². The highest BCUT2D eigenvalue weighted by Gasteiger charge is 2.06. The lowest BCUT2D eigenvalue weighted by molar-refractivity contribution is 0.284. The number of hydrogen-bond donors (Lipinski definition) is 1. The summed E-state index contributed by atoms with van der Waals surface area (Å²) in [5.74, 6) is 1.33. The maximum absolute atomic E-state index is 6.12. The monoisotopic (exact) mass is 458 g/mol. The van der Waals surface area contributed by atoms with Crippen molar-refractivity contribution in [2.45, 2.75) is 13.5 Å². The molecule has 0 spiro atoms. The second kappa shape index (κ2) is 9.62. The molecular weight excluding hydrogens is 440 g/mol. The molecule has 0 aliphatic heterocycles. The van der Waals surface area contributed by atoms with E-state index in [9.17, 15) is 0 Å². The highest BCUT2D eigenvalue weighted by molar-refractivity contribution is 9.10. The van der Waals surface area contributed by atoms with Crippen LogP contribution in [-0.2, 0) is 6.61 Å². The van der Waals surface area contributed by atoms with Crippen LogP contribution in [0.2, 0.25) is 5.02 Å². The van der Waals surface area contributed by atoms with Crippen molar-refractivity contribution in [1.82, 2.24) is 0 Å². The van der Waals surface area contributed by atoms with Crippen LogP contribution in [0.25, 0.3) is 0 Å². The summed E-state index contributed by atoms with van der Waals surface area (Å²) in [6.07, 6.45) is 1.72. The van der Waals surface area contributed by atoms with Gasteiger partial charge in [-0.25, -0.2) is 0 Å². The molecule has 3 rings (SSSR count). The van der Waals surface area contributed by atoms with E-state index in [0.29, 0.717) is 23.1 Å². The maximum atomic E-state index is 6.12. The summed E-state index contributed by atoms with van der Waals surface area (Å²) in [6.45, 7) is 2.43. The van der Waals surface area contributed by atoms with Crippen LogP contribution in [0, 0.1) is 6.92 Å². The van der Waals surface area contributed by atoms with Gasteiger partial charge >= 0.3 is 0 Å². The molecule has 0 radical (unpaired) electrons. The van der Waals surface area contributed by atoms with Crippen molar-refractivity contribution in [3.05, 3.63) is 86.8 Å². The lowest BCUT2D eigenvalue weighted by atomic mass is 10.2. The highest BCUT2D eigenvalue weighted by Crippen LogP contribution is 2.28. The van der Waals surface area contributed by atoms with Gasteiger partial charge in [0.1, 0.15) is 6.61 Å². The van der Waals surface area contributed by atoms with Gasteiger partial charge in [-0.2, -0.15) is 5.10 Å². The first-order chi connectivity index (χ1) is 13.5. The van der Waals surface area contributed by atoms with Crippen molar-refractivity contribution >= 4 is 39.4 Å². The van der Waals surface area contributed by atoms with Crippen molar-refractivity contribution in [2.75, 3.05) is 12.5 Å². The normalized spacial score (nSPS) is 10.9. The Morgan fingerprint density at radius 2 is 1.82 bits per heavy atom. The molecule has 1 N–H and O–H groups in total. The number of nitrogens with one attached hydrogen (secondary N) is 1. The van der Waals surface area contributed by atoms with Crippen LogP contribution in [0.5, 0.6) is 11.5 Å². The molecule has 3 aromatic rings. The molecule has 0 fully saturated rings. The van der Waals surface area contributed by atoms with Gasteiger partial charge in [0.15, 0.2) is 11.5 Å². The van der Waals surface area contributed by atoms with Crippen molar-refractivity contribution < 1.29 is 9.47 Å². The molecule has 0 saturated heterocycles. The van der Waals surface area contributed by atoms with E-state index in [2.05, 4.69) is 26.5 Å². The Bertz CT molecular complexity index is 975. The van der Waals surface area contributed by atoms with Crippen LogP contribution >= 0.6 is 27.5 Å². The van der Waals surface area contributed by atoms with Gasteiger partial charge in [0.05, 0.1) is 19.0 Å². The SMILES string of the molecule is COc1cc(C=NNc2ccc(C)c(Cl)c2)ccc1OCc1ccc(Br)cc1. The van der Waals surface area contributed by atoms with E-state index < -0.39 is 0 Å². The maximum Gasteiger partial charge on any atom is 0.161 e. The van der Waals surface area contributed by atoms with E-state index in [1.54, 1.807) is 13.3 Å². The molecule has 0 saturated carbocycles. The number of hydrogen-bond acceptors (Lipinski definition) is 4. The third-order valence-corrected chi connectivity index (χ3v) is 5.01. The van der Waals surface area contributed by atoms with E-state index in [-0.39, 0.29) is 0 Å². The minimum Gasteiger partial charge on any atom is -0.493 e. The van der Waals surface area contributed by atoms with Gasteiger partial charge in [0.2, 0.25) is 0 Å². The molecule has 0 aliphatic rings. The van der Waals surface area contributed by atoms with Gasteiger partial charge in [-0.05, 0) is 66.1 Å². The summed E-state index contributed by atoms with van der Waals surface area (Å²) in [5, 5.41) is 4.96. The average Bonchev–Trinajstić information content (AvgIpc) is 2.70. The number of ether oxygens (including phenoxy) is 2. The molecule has 0 bridgehead atoms. The predicted molar refractivity (Wildman–Crippen MR) is 119 cm³/mol. The predicted octanol–water partition coefficient (Wildman–Crippen LogP) is 6.44. The zero-order valence-electron chi connectivity index (χ0n) is 15.6. The van der Waals surface area contributed by atoms with Gasteiger partial charge in [0, 0.05) is 9.50 Å². The smallest absolute Gasteiger partial charge is 0.161 e. The quantitative estimate of drug-likeness (QED) is 0.326. The number of benzene rings is 3. The molecule has 4 nitrogen and oxygen atoms in total. The van der Waals surface area contributed by atoms with Crippen LogP contribution in [-0.4, -0.2) is 13.3 Å². The second-order valence-corrected chi connectivity index (χ2v) is 7.48. The molecule has 0 heterocycles. The minimum absolute atomic E-state index is 0.465. The number of hydrazone groups is 1. The molecule has 28 heavy (non-hydrogen) atoms. The third kappa shape index (κ3) is 5.50. The van der Waals surface area contributed by atoms with Crippen LogP contribution in [0.3, 0.4) is 0 Å². The molecule has 0 unspecified atom stereocenters. The molecule has 6 heteroatoms. The Balaban J connectivity index is 1.64. The summed E-state index contributed by atoms with van der Waals surface area (Å²) < 4.78 is 12.4. The van der Waals surface area contributed by atoms with E-state index in [1.807, 2.05) is 67.6 Å². The van der Waals surface area contributed by atoms with Gasteiger partial charge in [0.25, 0.3) is 0 Å². The summed E-state index contributed by atoms with van der Waals surface area (Å²) in [7, 11) is 1.62. The fourth-order valence-corrected chi connectivity index (χ4v) is 2.91. The third-order valence-electron chi connectivity index (χ3n) is 4.07. The van der Waals surface area contributed by atoms with Crippen molar-refractivity contribution in [2.24, 2.45) is 5.10 Å².